The van der Waals surface area contributed by atoms with Gasteiger partial charge in [0.1, 0.15) is 11.9 Å². The molecule has 24 heavy (non-hydrogen) atoms. The van der Waals surface area contributed by atoms with Crippen LogP contribution in [0.1, 0.15) is 43.1 Å². The van der Waals surface area contributed by atoms with Crippen molar-refractivity contribution in [3.8, 4) is 0 Å². The molecule has 2 aromatic heterocycles. The first-order chi connectivity index (χ1) is 11.7. The minimum Gasteiger partial charge on any atom is -0.368 e. The van der Waals surface area contributed by atoms with Gasteiger partial charge in [-0.15, -0.1) is 0 Å². The van der Waals surface area contributed by atoms with Crippen LogP contribution in [0.2, 0.25) is 0 Å². The minimum absolute atomic E-state index is 0.144. The zero-order valence-electron chi connectivity index (χ0n) is 13.9. The molecule has 4 rings (SSSR count). The van der Waals surface area contributed by atoms with E-state index in [-0.39, 0.29) is 17.9 Å². The number of piperidine rings is 1. The van der Waals surface area contributed by atoms with Crippen molar-refractivity contribution >= 4 is 16.9 Å². The molecule has 2 aromatic rings. The van der Waals surface area contributed by atoms with Crippen molar-refractivity contribution in [3.05, 3.63) is 29.8 Å². The van der Waals surface area contributed by atoms with Crippen LogP contribution in [-0.2, 0) is 9.53 Å². The number of hydrogen-bond donors (Lipinski definition) is 0. The smallest absolute Gasteiger partial charge is 0.251 e. The van der Waals surface area contributed by atoms with Crippen LogP contribution in [0.25, 0.3) is 11.0 Å². The second kappa shape index (κ2) is 6.43. The Morgan fingerprint density at radius 3 is 3.04 bits per heavy atom. The van der Waals surface area contributed by atoms with E-state index in [0.717, 1.165) is 54.8 Å². The van der Waals surface area contributed by atoms with E-state index in [1.807, 2.05) is 24.0 Å². The number of likely N-dealkylation sites (tertiary alicyclic amines) is 1. The third-order valence-electron chi connectivity index (χ3n) is 4.94. The van der Waals surface area contributed by atoms with Gasteiger partial charge >= 0.3 is 0 Å². The molecule has 2 aliphatic heterocycles. The van der Waals surface area contributed by atoms with Crippen LogP contribution in [0.15, 0.2) is 18.3 Å². The van der Waals surface area contributed by atoms with E-state index in [1.165, 1.54) is 0 Å². The van der Waals surface area contributed by atoms with Crippen molar-refractivity contribution in [2.75, 3.05) is 19.7 Å². The van der Waals surface area contributed by atoms with Gasteiger partial charge in [-0.05, 0) is 44.7 Å². The Bertz CT molecular complexity index is 758. The lowest BCUT2D eigenvalue weighted by Gasteiger charge is -2.34. The number of rotatable bonds is 2. The van der Waals surface area contributed by atoms with Gasteiger partial charge in [0, 0.05) is 37.2 Å². The number of pyridine rings is 1. The maximum Gasteiger partial charge on any atom is 0.251 e. The number of nitrogens with zero attached hydrogens (tertiary/aromatic N) is 4. The third-order valence-corrected chi connectivity index (χ3v) is 4.94. The molecular formula is C18H22N4O2. The fraction of sp³-hybridized carbons (Fsp3) is 0.556. The van der Waals surface area contributed by atoms with Crippen molar-refractivity contribution in [2.45, 2.75) is 44.6 Å². The van der Waals surface area contributed by atoms with E-state index in [4.69, 9.17) is 9.72 Å². The number of ether oxygens (including phenoxy) is 1. The van der Waals surface area contributed by atoms with E-state index in [2.05, 4.69) is 9.97 Å². The molecule has 2 aliphatic rings. The van der Waals surface area contributed by atoms with E-state index in [0.29, 0.717) is 13.2 Å². The van der Waals surface area contributed by atoms with Crippen LogP contribution in [0.5, 0.6) is 0 Å². The molecule has 0 unspecified atom stereocenters. The molecule has 0 radical (unpaired) electrons. The van der Waals surface area contributed by atoms with E-state index in [9.17, 15) is 4.79 Å². The normalized spacial score (nSPS) is 24.5. The fourth-order valence-corrected chi connectivity index (χ4v) is 3.79. The molecule has 0 aromatic carbocycles. The topological polar surface area (TPSA) is 68.2 Å². The highest BCUT2D eigenvalue weighted by Gasteiger charge is 2.32. The molecule has 1 amide bonds. The summed E-state index contributed by atoms with van der Waals surface area (Å²) in [7, 11) is 0. The zero-order valence-corrected chi connectivity index (χ0v) is 13.9. The SMILES string of the molecule is Cc1nc([C@@H]2CCCN(C(=O)[C@H]3CCCO3)C2)c2cccnc2n1. The van der Waals surface area contributed by atoms with Gasteiger partial charge in [0.25, 0.3) is 5.91 Å². The first kappa shape index (κ1) is 15.4. The molecule has 0 spiro atoms. The largest absolute Gasteiger partial charge is 0.368 e. The van der Waals surface area contributed by atoms with Crippen molar-refractivity contribution in [3.63, 3.8) is 0 Å². The third kappa shape index (κ3) is 2.86. The molecule has 0 bridgehead atoms. The molecule has 2 atom stereocenters. The van der Waals surface area contributed by atoms with Crippen molar-refractivity contribution in [2.24, 2.45) is 0 Å². The summed E-state index contributed by atoms with van der Waals surface area (Å²) in [4.78, 5) is 28.1. The van der Waals surface area contributed by atoms with Gasteiger partial charge in [-0.3, -0.25) is 4.79 Å². The Kier molecular flexibility index (Phi) is 4.14. The number of fused-ring (bicyclic) bond motifs is 1. The van der Waals surface area contributed by atoms with Gasteiger partial charge in [0.05, 0.1) is 5.69 Å². The summed E-state index contributed by atoms with van der Waals surface area (Å²) in [5.74, 6) is 1.11. The second-order valence-electron chi connectivity index (χ2n) is 6.66. The number of amides is 1. The average Bonchev–Trinajstić information content (AvgIpc) is 3.15. The summed E-state index contributed by atoms with van der Waals surface area (Å²) in [6.07, 6.45) is 5.37. The fourth-order valence-electron chi connectivity index (χ4n) is 3.79. The second-order valence-corrected chi connectivity index (χ2v) is 6.66. The number of carbonyl (C=O) groups excluding carboxylic acids is 1. The van der Waals surface area contributed by atoms with Crippen LogP contribution in [0, 0.1) is 6.92 Å². The molecule has 2 fully saturated rings. The van der Waals surface area contributed by atoms with E-state index < -0.39 is 0 Å². The lowest BCUT2D eigenvalue weighted by molar-refractivity contribution is -0.142. The van der Waals surface area contributed by atoms with Crippen molar-refractivity contribution < 1.29 is 9.53 Å². The standard InChI is InChI=1S/C18H22N4O2/c1-12-20-16(14-6-2-8-19-17(14)21-12)13-5-3-9-22(11-13)18(23)15-7-4-10-24-15/h2,6,8,13,15H,3-5,7,9-11H2,1H3/t13-,15-/m1/s1. The number of hydrogen-bond acceptors (Lipinski definition) is 5. The Balaban J connectivity index is 1.61. The summed E-state index contributed by atoms with van der Waals surface area (Å²) in [6.45, 7) is 4.12. The van der Waals surface area contributed by atoms with Crippen molar-refractivity contribution in [1.82, 2.24) is 19.9 Å². The molecule has 0 saturated carbocycles. The van der Waals surface area contributed by atoms with Crippen molar-refractivity contribution in [1.29, 1.82) is 0 Å². The first-order valence-corrected chi connectivity index (χ1v) is 8.72. The minimum atomic E-state index is -0.241. The Hall–Kier alpha value is -2.08. The zero-order chi connectivity index (χ0) is 16.5. The van der Waals surface area contributed by atoms with Crippen LogP contribution in [0.3, 0.4) is 0 Å². The summed E-state index contributed by atoms with van der Waals surface area (Å²) in [5.41, 5.74) is 1.76. The Morgan fingerprint density at radius 2 is 2.21 bits per heavy atom. The van der Waals surface area contributed by atoms with E-state index >= 15 is 0 Å². The van der Waals surface area contributed by atoms with Gasteiger partial charge in [-0.2, -0.15) is 0 Å². The molecular weight excluding hydrogens is 304 g/mol. The average molecular weight is 326 g/mol. The molecule has 4 heterocycles. The van der Waals surface area contributed by atoms with Gasteiger partial charge in [-0.25, -0.2) is 15.0 Å². The summed E-state index contributed by atoms with van der Waals surface area (Å²) >= 11 is 0. The van der Waals surface area contributed by atoms with Crippen LogP contribution in [-0.4, -0.2) is 51.6 Å². The van der Waals surface area contributed by atoms with Crippen LogP contribution in [0.4, 0.5) is 0 Å². The number of carbonyl (C=O) groups is 1. The molecule has 6 heteroatoms. The Morgan fingerprint density at radius 1 is 1.29 bits per heavy atom. The maximum absolute atomic E-state index is 12.7. The highest BCUT2D eigenvalue weighted by molar-refractivity contribution is 5.82. The quantitative estimate of drug-likeness (QED) is 0.846. The van der Waals surface area contributed by atoms with Gasteiger partial charge in [0.2, 0.25) is 0 Å². The molecule has 6 nitrogen and oxygen atoms in total. The van der Waals surface area contributed by atoms with Gasteiger partial charge in [-0.1, -0.05) is 0 Å². The highest BCUT2D eigenvalue weighted by Crippen LogP contribution is 2.30. The Labute approximate surface area is 141 Å². The van der Waals surface area contributed by atoms with Gasteiger partial charge < -0.3 is 9.64 Å². The predicted molar refractivity (Wildman–Crippen MR) is 89.6 cm³/mol. The summed E-state index contributed by atoms with van der Waals surface area (Å²) in [5, 5.41) is 1.000. The van der Waals surface area contributed by atoms with Crippen LogP contribution >= 0.6 is 0 Å². The lowest BCUT2D eigenvalue weighted by atomic mass is 9.92. The summed E-state index contributed by atoms with van der Waals surface area (Å²) in [6, 6.07) is 3.95. The van der Waals surface area contributed by atoms with E-state index in [1.54, 1.807) is 6.20 Å². The predicted octanol–water partition coefficient (Wildman–Crippen LogP) is 2.22. The molecule has 0 N–H and O–H groups in total. The first-order valence-electron chi connectivity index (χ1n) is 8.72. The maximum atomic E-state index is 12.7. The highest BCUT2D eigenvalue weighted by atomic mass is 16.5. The molecule has 2 saturated heterocycles. The monoisotopic (exact) mass is 326 g/mol. The number of aromatic nitrogens is 3. The number of aryl methyl sites for hydroxylation is 1. The lowest BCUT2D eigenvalue weighted by Crippen LogP contribution is -2.44. The summed E-state index contributed by atoms with van der Waals surface area (Å²) < 4.78 is 5.57. The molecule has 0 aliphatic carbocycles. The van der Waals surface area contributed by atoms with Gasteiger partial charge in [0.15, 0.2) is 5.65 Å². The van der Waals surface area contributed by atoms with Crippen LogP contribution < -0.4 is 0 Å². The molecule has 126 valence electrons.